The molecule has 104 valence electrons. The van der Waals surface area contributed by atoms with Gasteiger partial charge in [0.25, 0.3) is 5.91 Å². The molecule has 0 spiro atoms. The molecule has 0 aliphatic carbocycles. The summed E-state index contributed by atoms with van der Waals surface area (Å²) < 4.78 is 0. The SMILES string of the molecule is NC(=O)CONC(=O)[C@@H](N)Cc1ccc(O)c(O)c1. The summed E-state index contributed by atoms with van der Waals surface area (Å²) in [5.41, 5.74) is 13.0. The van der Waals surface area contributed by atoms with Crippen LogP contribution in [0.5, 0.6) is 11.5 Å². The number of amides is 2. The number of carbonyl (C=O) groups is 2. The maximum absolute atomic E-state index is 11.5. The quantitative estimate of drug-likeness (QED) is 0.313. The van der Waals surface area contributed by atoms with Crippen molar-refractivity contribution >= 4 is 11.8 Å². The maximum Gasteiger partial charge on any atom is 0.260 e. The second-order valence-electron chi connectivity index (χ2n) is 3.85. The van der Waals surface area contributed by atoms with Gasteiger partial charge in [-0.25, -0.2) is 5.48 Å². The minimum Gasteiger partial charge on any atom is -0.504 e. The van der Waals surface area contributed by atoms with Gasteiger partial charge in [-0.3, -0.25) is 14.4 Å². The molecule has 8 heteroatoms. The topological polar surface area (TPSA) is 148 Å². The molecule has 0 bridgehead atoms. The number of rotatable bonds is 6. The molecule has 0 unspecified atom stereocenters. The largest absolute Gasteiger partial charge is 0.504 e. The van der Waals surface area contributed by atoms with E-state index in [0.29, 0.717) is 5.56 Å². The Hall–Kier alpha value is -2.32. The van der Waals surface area contributed by atoms with Gasteiger partial charge < -0.3 is 21.7 Å². The Morgan fingerprint density at radius 3 is 2.58 bits per heavy atom. The van der Waals surface area contributed by atoms with Crippen LogP contribution in [0.2, 0.25) is 0 Å². The fourth-order valence-electron chi connectivity index (χ4n) is 1.30. The molecule has 19 heavy (non-hydrogen) atoms. The Morgan fingerprint density at radius 2 is 2.00 bits per heavy atom. The lowest BCUT2D eigenvalue weighted by atomic mass is 10.1. The molecule has 0 saturated heterocycles. The van der Waals surface area contributed by atoms with Crippen molar-refractivity contribution in [1.29, 1.82) is 0 Å². The van der Waals surface area contributed by atoms with Gasteiger partial charge in [0, 0.05) is 0 Å². The van der Waals surface area contributed by atoms with Crippen molar-refractivity contribution in [3.8, 4) is 11.5 Å². The summed E-state index contributed by atoms with van der Waals surface area (Å²) in [5.74, 6) is -1.91. The first kappa shape index (κ1) is 14.7. The zero-order valence-corrected chi connectivity index (χ0v) is 10.00. The van der Waals surface area contributed by atoms with Crippen LogP contribution >= 0.6 is 0 Å². The third-order valence-electron chi connectivity index (χ3n) is 2.22. The molecule has 1 atom stereocenters. The van der Waals surface area contributed by atoms with E-state index in [-0.39, 0.29) is 17.9 Å². The van der Waals surface area contributed by atoms with Crippen LogP contribution in [-0.2, 0) is 20.8 Å². The second kappa shape index (κ2) is 6.57. The van der Waals surface area contributed by atoms with Crippen molar-refractivity contribution in [1.82, 2.24) is 5.48 Å². The summed E-state index contributed by atoms with van der Waals surface area (Å²) >= 11 is 0. The molecular weight excluding hydrogens is 254 g/mol. The van der Waals surface area contributed by atoms with Crippen molar-refractivity contribution in [3.05, 3.63) is 23.8 Å². The molecule has 2 amide bonds. The predicted molar refractivity (Wildman–Crippen MR) is 64.7 cm³/mol. The summed E-state index contributed by atoms with van der Waals surface area (Å²) in [5, 5.41) is 18.4. The van der Waals surface area contributed by atoms with Gasteiger partial charge in [-0.2, -0.15) is 0 Å². The van der Waals surface area contributed by atoms with Crippen LogP contribution < -0.4 is 16.9 Å². The highest BCUT2D eigenvalue weighted by molar-refractivity contribution is 5.81. The molecule has 1 rings (SSSR count). The summed E-state index contributed by atoms with van der Waals surface area (Å²) in [6, 6.07) is 3.18. The van der Waals surface area contributed by atoms with Crippen LogP contribution in [0.15, 0.2) is 18.2 Å². The Balaban J connectivity index is 2.49. The van der Waals surface area contributed by atoms with Crippen molar-refractivity contribution in [2.75, 3.05) is 6.61 Å². The number of carbonyl (C=O) groups excluding carboxylic acids is 2. The number of aromatic hydroxyl groups is 2. The van der Waals surface area contributed by atoms with E-state index in [1.54, 1.807) is 0 Å². The molecular formula is C11H15N3O5. The van der Waals surface area contributed by atoms with Crippen molar-refractivity contribution in [2.45, 2.75) is 12.5 Å². The highest BCUT2D eigenvalue weighted by Gasteiger charge is 2.15. The smallest absolute Gasteiger partial charge is 0.260 e. The number of primary amides is 1. The van der Waals surface area contributed by atoms with E-state index in [0.717, 1.165) is 0 Å². The minimum absolute atomic E-state index is 0.125. The Bertz CT molecular complexity index is 477. The molecule has 8 nitrogen and oxygen atoms in total. The van der Waals surface area contributed by atoms with Gasteiger partial charge in [0.2, 0.25) is 5.91 Å². The number of hydrogen-bond acceptors (Lipinski definition) is 6. The average Bonchev–Trinajstić information content (AvgIpc) is 2.33. The molecule has 0 saturated carbocycles. The van der Waals surface area contributed by atoms with Crippen molar-refractivity contribution in [3.63, 3.8) is 0 Å². The third-order valence-corrected chi connectivity index (χ3v) is 2.22. The van der Waals surface area contributed by atoms with Crippen LogP contribution in [0, 0.1) is 0 Å². The van der Waals surface area contributed by atoms with Gasteiger partial charge in [0.1, 0.15) is 0 Å². The zero-order valence-electron chi connectivity index (χ0n) is 10.00. The lowest BCUT2D eigenvalue weighted by Crippen LogP contribution is -2.43. The number of benzene rings is 1. The van der Waals surface area contributed by atoms with E-state index in [2.05, 4.69) is 4.84 Å². The fourth-order valence-corrected chi connectivity index (χ4v) is 1.30. The maximum atomic E-state index is 11.5. The average molecular weight is 269 g/mol. The third kappa shape index (κ3) is 4.82. The van der Waals surface area contributed by atoms with Crippen LogP contribution in [0.4, 0.5) is 0 Å². The summed E-state index contributed by atoms with van der Waals surface area (Å²) in [7, 11) is 0. The van der Waals surface area contributed by atoms with Crippen LogP contribution in [-0.4, -0.2) is 34.7 Å². The van der Waals surface area contributed by atoms with Gasteiger partial charge in [-0.1, -0.05) is 6.07 Å². The molecule has 0 aromatic heterocycles. The standard InChI is InChI=1S/C11H15N3O5/c12-7(11(18)14-19-5-10(13)17)3-6-1-2-8(15)9(16)4-6/h1-2,4,7,15-16H,3,5,12H2,(H2,13,17)(H,14,18)/t7-/m0/s1. The van der Waals surface area contributed by atoms with Gasteiger partial charge >= 0.3 is 0 Å². The fraction of sp³-hybridized carbons (Fsp3) is 0.273. The minimum atomic E-state index is -0.934. The molecule has 0 aliphatic heterocycles. The highest BCUT2D eigenvalue weighted by Crippen LogP contribution is 2.25. The Labute approximate surface area is 108 Å². The number of hydrogen-bond donors (Lipinski definition) is 5. The lowest BCUT2D eigenvalue weighted by Gasteiger charge is -2.12. The van der Waals surface area contributed by atoms with Gasteiger partial charge in [-0.05, 0) is 24.1 Å². The summed E-state index contributed by atoms with van der Waals surface area (Å²) in [6.45, 7) is -0.446. The summed E-state index contributed by atoms with van der Waals surface area (Å²) in [6.07, 6.45) is 0.125. The van der Waals surface area contributed by atoms with Crippen molar-refractivity contribution in [2.24, 2.45) is 11.5 Å². The number of phenols is 2. The molecule has 0 fully saturated rings. The molecule has 0 aliphatic rings. The molecule has 1 aromatic carbocycles. The first-order valence-corrected chi connectivity index (χ1v) is 5.36. The van der Waals surface area contributed by atoms with E-state index in [1.807, 2.05) is 5.48 Å². The first-order valence-electron chi connectivity index (χ1n) is 5.36. The molecule has 0 radical (unpaired) electrons. The monoisotopic (exact) mass is 269 g/mol. The predicted octanol–water partition coefficient (Wildman–Crippen LogP) is -1.50. The van der Waals surface area contributed by atoms with E-state index >= 15 is 0 Å². The number of nitrogens with one attached hydrogen (secondary N) is 1. The molecule has 0 heterocycles. The second-order valence-corrected chi connectivity index (χ2v) is 3.85. The van der Waals surface area contributed by atoms with Gasteiger partial charge in [0.05, 0.1) is 6.04 Å². The summed E-state index contributed by atoms with van der Waals surface area (Å²) in [4.78, 5) is 26.3. The van der Waals surface area contributed by atoms with Gasteiger partial charge in [0.15, 0.2) is 18.1 Å². The molecule has 1 aromatic rings. The van der Waals surface area contributed by atoms with Gasteiger partial charge in [-0.15, -0.1) is 0 Å². The number of hydroxylamine groups is 1. The Morgan fingerprint density at radius 1 is 1.32 bits per heavy atom. The van der Waals surface area contributed by atoms with Crippen molar-refractivity contribution < 1.29 is 24.6 Å². The lowest BCUT2D eigenvalue weighted by molar-refractivity contribution is -0.138. The highest BCUT2D eigenvalue weighted by atomic mass is 16.7. The molecule has 7 N–H and O–H groups in total. The Kier molecular flexibility index (Phi) is 5.10. The van der Waals surface area contributed by atoms with E-state index < -0.39 is 24.5 Å². The number of nitrogens with two attached hydrogens (primary N) is 2. The van der Waals surface area contributed by atoms with E-state index in [4.69, 9.17) is 16.6 Å². The number of phenolic OH excluding ortho intramolecular Hbond substituents is 2. The van der Waals surface area contributed by atoms with Crippen LogP contribution in [0.3, 0.4) is 0 Å². The van der Waals surface area contributed by atoms with E-state index in [1.165, 1.54) is 18.2 Å². The normalized spacial score (nSPS) is 11.8. The zero-order chi connectivity index (χ0) is 14.4. The van der Waals surface area contributed by atoms with Crippen LogP contribution in [0.1, 0.15) is 5.56 Å². The first-order chi connectivity index (χ1) is 8.90. The van der Waals surface area contributed by atoms with E-state index in [9.17, 15) is 14.7 Å². The van der Waals surface area contributed by atoms with Crippen LogP contribution in [0.25, 0.3) is 0 Å².